The van der Waals surface area contributed by atoms with E-state index in [2.05, 4.69) is 4.99 Å². The van der Waals surface area contributed by atoms with Crippen molar-refractivity contribution < 1.29 is 14.5 Å². The van der Waals surface area contributed by atoms with Gasteiger partial charge in [-0.15, -0.1) is 0 Å². The number of nitro groups is 1. The molecule has 0 aliphatic carbocycles. The lowest BCUT2D eigenvalue weighted by Gasteiger charge is -2.15. The summed E-state index contributed by atoms with van der Waals surface area (Å²) < 4.78 is 0. The zero-order valence-electron chi connectivity index (χ0n) is 18.3. The Morgan fingerprint density at radius 2 is 1.59 bits per heavy atom. The number of thioether (sulfide) groups is 1. The maximum atomic E-state index is 13.7. The van der Waals surface area contributed by atoms with Crippen LogP contribution in [-0.4, -0.2) is 29.0 Å². The van der Waals surface area contributed by atoms with Gasteiger partial charge in [0.05, 0.1) is 32.5 Å². The Bertz CT molecular complexity index is 1420. The number of aryl methyl sites for hydroxylation is 1. The van der Waals surface area contributed by atoms with Crippen molar-refractivity contribution in [3.8, 4) is 0 Å². The topological polar surface area (TPSA) is 96.1 Å². The number of anilines is 2. The Labute approximate surface area is 199 Å². The molecule has 168 valence electrons. The van der Waals surface area contributed by atoms with Gasteiger partial charge in [-0.3, -0.25) is 24.6 Å². The van der Waals surface area contributed by atoms with Crippen molar-refractivity contribution in [1.82, 2.24) is 0 Å². The molecule has 2 aliphatic rings. The van der Waals surface area contributed by atoms with Gasteiger partial charge in [-0.1, -0.05) is 36.4 Å². The van der Waals surface area contributed by atoms with Gasteiger partial charge in [0.2, 0.25) is 0 Å². The minimum absolute atomic E-state index is 0.133. The molecule has 1 saturated heterocycles. The number of carbonyl (C=O) groups excluding carboxylic acids is 2. The number of nitrogens with zero attached hydrogens (tertiary/aromatic N) is 4. The average Bonchev–Trinajstić information content (AvgIpc) is 3.27. The monoisotopic (exact) mass is 470 g/mol. The molecule has 34 heavy (non-hydrogen) atoms. The van der Waals surface area contributed by atoms with Gasteiger partial charge in [0.25, 0.3) is 17.5 Å². The van der Waals surface area contributed by atoms with Gasteiger partial charge in [-0.05, 0) is 48.5 Å². The zero-order valence-corrected chi connectivity index (χ0v) is 19.1. The van der Waals surface area contributed by atoms with E-state index in [1.54, 1.807) is 26.1 Å². The second-order valence-corrected chi connectivity index (χ2v) is 8.77. The summed E-state index contributed by atoms with van der Waals surface area (Å²) in [5.41, 5.74) is 2.81. The minimum Gasteiger partial charge on any atom is -0.310 e. The number of nitro benzene ring substituents is 1. The number of hydrogen-bond acceptors (Lipinski definition) is 6. The first-order valence-electron chi connectivity index (χ1n) is 10.4. The zero-order chi connectivity index (χ0) is 24.0. The number of non-ortho nitro benzene ring substituents is 1. The summed E-state index contributed by atoms with van der Waals surface area (Å²) in [6.45, 7) is 1.71. The predicted molar refractivity (Wildman–Crippen MR) is 133 cm³/mol. The Balaban J connectivity index is 1.73. The summed E-state index contributed by atoms with van der Waals surface area (Å²) in [7, 11) is 1.60. The summed E-state index contributed by atoms with van der Waals surface area (Å²) in [6.07, 6.45) is 0. The van der Waals surface area contributed by atoms with E-state index in [0.29, 0.717) is 33.4 Å². The molecular formula is C25H18N4O4S. The maximum Gasteiger partial charge on any atom is 0.272 e. The number of amidine groups is 1. The van der Waals surface area contributed by atoms with Gasteiger partial charge >= 0.3 is 0 Å². The van der Waals surface area contributed by atoms with Crippen LogP contribution in [0.2, 0.25) is 0 Å². The van der Waals surface area contributed by atoms with Crippen molar-refractivity contribution in [2.24, 2.45) is 4.99 Å². The highest BCUT2D eigenvalue weighted by molar-refractivity contribution is 8.19. The average molecular weight is 471 g/mol. The van der Waals surface area contributed by atoms with Gasteiger partial charge in [-0.2, -0.15) is 0 Å². The largest absolute Gasteiger partial charge is 0.310 e. The molecule has 0 aromatic heterocycles. The molecule has 9 heteroatoms. The van der Waals surface area contributed by atoms with E-state index >= 15 is 0 Å². The molecule has 2 aliphatic heterocycles. The third kappa shape index (κ3) is 3.46. The van der Waals surface area contributed by atoms with E-state index in [4.69, 9.17) is 0 Å². The number of para-hydroxylation sites is 2. The summed E-state index contributed by atoms with van der Waals surface area (Å²) >= 11 is 1.09. The van der Waals surface area contributed by atoms with E-state index in [0.717, 1.165) is 11.8 Å². The smallest absolute Gasteiger partial charge is 0.272 e. The van der Waals surface area contributed by atoms with Gasteiger partial charge in [0.15, 0.2) is 5.17 Å². The number of fused-ring (bicyclic) bond motifs is 1. The Kier molecular flexibility index (Phi) is 5.25. The van der Waals surface area contributed by atoms with Crippen LogP contribution >= 0.6 is 11.8 Å². The molecule has 2 amide bonds. The summed E-state index contributed by atoms with van der Waals surface area (Å²) in [5, 5.41) is 11.9. The molecule has 5 rings (SSSR count). The van der Waals surface area contributed by atoms with E-state index in [1.807, 2.05) is 48.5 Å². The van der Waals surface area contributed by atoms with Gasteiger partial charge < -0.3 is 4.90 Å². The van der Waals surface area contributed by atoms with Gasteiger partial charge in [0.1, 0.15) is 0 Å². The maximum absolute atomic E-state index is 13.7. The second-order valence-electron chi connectivity index (χ2n) is 7.79. The van der Waals surface area contributed by atoms with Crippen LogP contribution < -0.4 is 9.80 Å². The number of carbonyl (C=O) groups is 2. The predicted octanol–water partition coefficient (Wildman–Crippen LogP) is 5.06. The van der Waals surface area contributed by atoms with Crippen LogP contribution in [-0.2, 0) is 9.59 Å². The Hall–Kier alpha value is -4.24. The molecule has 0 spiro atoms. The number of likely N-dealkylation sites (N-methyl/N-ethyl adjacent to an activating group) is 1. The standard InChI is InChI=1S/C25H18N4O4S/c1-15-13-18(29(32)33)14-19-20(23(30)27(2)21(15)19)22-24(31)28(17-11-7-4-8-12-17)25(34-22)26-16-9-5-3-6-10-16/h3-14H,1-2H3. The van der Waals surface area contributed by atoms with Crippen molar-refractivity contribution in [3.05, 3.63) is 98.9 Å². The first-order valence-corrected chi connectivity index (χ1v) is 11.2. The van der Waals surface area contributed by atoms with E-state index in [-0.39, 0.29) is 22.1 Å². The molecule has 0 saturated carbocycles. The third-order valence-electron chi connectivity index (χ3n) is 5.62. The number of rotatable bonds is 3. The minimum atomic E-state index is -0.499. The molecule has 2 heterocycles. The van der Waals surface area contributed by atoms with E-state index < -0.39 is 10.8 Å². The van der Waals surface area contributed by atoms with Gasteiger partial charge in [-0.25, -0.2) is 4.99 Å². The molecule has 0 radical (unpaired) electrons. The summed E-state index contributed by atoms with van der Waals surface area (Å²) in [6, 6.07) is 21.1. The van der Waals surface area contributed by atoms with Crippen LogP contribution in [0.4, 0.5) is 22.7 Å². The lowest BCUT2D eigenvalue weighted by molar-refractivity contribution is -0.384. The summed E-state index contributed by atoms with van der Waals surface area (Å²) in [4.78, 5) is 45.8. The molecule has 0 unspecified atom stereocenters. The SMILES string of the molecule is Cc1cc([N+](=O)[O-])cc2c1N(C)C(=O)C2=C1SC(=Nc2ccccc2)N(c2ccccc2)C1=O. The van der Waals surface area contributed by atoms with Crippen LogP contribution in [0, 0.1) is 17.0 Å². The number of aliphatic imine (C=N–C) groups is 1. The van der Waals surface area contributed by atoms with Crippen molar-refractivity contribution in [2.45, 2.75) is 6.92 Å². The normalized spacial score (nSPS) is 18.7. The number of amides is 2. The molecule has 0 atom stereocenters. The van der Waals surface area contributed by atoms with E-state index in [1.165, 1.54) is 21.9 Å². The fourth-order valence-corrected chi connectivity index (χ4v) is 5.21. The summed E-state index contributed by atoms with van der Waals surface area (Å²) in [5.74, 6) is -0.789. The molecule has 8 nitrogen and oxygen atoms in total. The molecule has 1 fully saturated rings. The first-order chi connectivity index (χ1) is 16.4. The van der Waals surface area contributed by atoms with Crippen LogP contribution in [0.15, 0.2) is 82.7 Å². The second kappa shape index (κ2) is 8.27. The third-order valence-corrected chi connectivity index (χ3v) is 6.66. The quantitative estimate of drug-likeness (QED) is 0.303. The lowest BCUT2D eigenvalue weighted by Crippen LogP contribution is -2.29. The van der Waals surface area contributed by atoms with Crippen LogP contribution in [0.3, 0.4) is 0 Å². The fourth-order valence-electron chi connectivity index (χ4n) is 4.12. The van der Waals surface area contributed by atoms with E-state index in [9.17, 15) is 19.7 Å². The molecule has 3 aromatic carbocycles. The molecule has 3 aromatic rings. The lowest BCUT2D eigenvalue weighted by atomic mass is 10.0. The highest BCUT2D eigenvalue weighted by Crippen LogP contribution is 2.47. The molecule has 0 bridgehead atoms. The molecular weight excluding hydrogens is 452 g/mol. The van der Waals surface area contributed by atoms with Crippen LogP contribution in [0.25, 0.3) is 5.57 Å². The number of benzene rings is 3. The molecule has 0 N–H and O–H groups in total. The van der Waals surface area contributed by atoms with Crippen LogP contribution in [0.5, 0.6) is 0 Å². The number of hydrogen-bond donors (Lipinski definition) is 0. The van der Waals surface area contributed by atoms with Crippen LogP contribution in [0.1, 0.15) is 11.1 Å². The fraction of sp³-hybridized carbons (Fsp3) is 0.0800. The van der Waals surface area contributed by atoms with Crippen molar-refractivity contribution >= 4 is 57.1 Å². The highest BCUT2D eigenvalue weighted by Gasteiger charge is 2.43. The van der Waals surface area contributed by atoms with Gasteiger partial charge in [0, 0.05) is 24.7 Å². The van der Waals surface area contributed by atoms with Crippen molar-refractivity contribution in [1.29, 1.82) is 0 Å². The Morgan fingerprint density at radius 3 is 2.24 bits per heavy atom. The first kappa shape index (κ1) is 21.6. The van der Waals surface area contributed by atoms with Crippen molar-refractivity contribution in [3.63, 3.8) is 0 Å². The Morgan fingerprint density at radius 1 is 0.941 bits per heavy atom. The van der Waals surface area contributed by atoms with Crippen molar-refractivity contribution in [2.75, 3.05) is 16.8 Å². The highest BCUT2D eigenvalue weighted by atomic mass is 32.2.